The van der Waals surface area contributed by atoms with Crippen LogP contribution in [0.1, 0.15) is 50.5 Å². The molecule has 1 aliphatic rings. The van der Waals surface area contributed by atoms with Crippen molar-refractivity contribution in [2.45, 2.75) is 63.5 Å². The van der Waals surface area contributed by atoms with Crippen molar-refractivity contribution in [3.8, 4) is 0 Å². The molecule has 18 heteroatoms. The zero-order chi connectivity index (χ0) is 49.0. The van der Waals surface area contributed by atoms with E-state index in [0.717, 1.165) is 49.5 Å². The van der Waals surface area contributed by atoms with E-state index in [4.69, 9.17) is 10.8 Å². The summed E-state index contributed by atoms with van der Waals surface area (Å²) in [5.74, 6) is -6.43. The molecule has 6 aromatic carbocycles. The zero-order valence-electron chi connectivity index (χ0n) is 37.4. The van der Waals surface area contributed by atoms with Gasteiger partial charge in [-0.05, 0) is 125 Å². The first-order valence-electron chi connectivity index (χ1n) is 22.4. The monoisotopic (exact) mass is 934 g/mol. The van der Waals surface area contributed by atoms with Gasteiger partial charge in [0, 0.05) is 36.5 Å². The number of hydrogen-bond donors (Lipinski definition) is 7. The quantitative estimate of drug-likeness (QED) is 0.0158. The Morgan fingerprint density at radius 3 is 1.84 bits per heavy atom. The molecular weight excluding hydrogens is 885 g/mol. The van der Waals surface area contributed by atoms with Crippen LogP contribution in [0.15, 0.2) is 126 Å². The van der Waals surface area contributed by atoms with E-state index in [1.165, 1.54) is 5.39 Å². The highest BCUT2D eigenvalue weighted by Gasteiger charge is 2.27. The van der Waals surface area contributed by atoms with E-state index in [1.807, 2.05) is 18.2 Å². The van der Waals surface area contributed by atoms with Crippen molar-refractivity contribution in [1.29, 1.82) is 0 Å². The van der Waals surface area contributed by atoms with Gasteiger partial charge in [-0.1, -0.05) is 54.6 Å². The van der Waals surface area contributed by atoms with Crippen molar-refractivity contribution in [3.63, 3.8) is 0 Å². The molecule has 0 aliphatic carbocycles. The summed E-state index contributed by atoms with van der Waals surface area (Å²) in [5, 5.41) is 45.0. The van der Waals surface area contributed by atoms with Crippen LogP contribution in [-0.4, -0.2) is 87.7 Å². The molecule has 3 atom stereocenters. The van der Waals surface area contributed by atoms with Crippen LogP contribution < -0.4 is 27.0 Å². The molecule has 8 N–H and O–H groups in total. The van der Waals surface area contributed by atoms with Gasteiger partial charge in [0.25, 0.3) is 11.8 Å². The number of carbonyl (C=O) groups excluding carboxylic acids is 6. The molecule has 1 aliphatic heterocycles. The third kappa shape index (κ3) is 12.7. The van der Waals surface area contributed by atoms with Crippen LogP contribution in [0, 0.1) is 5.92 Å². The molecule has 0 aromatic heterocycles. The smallest absolute Gasteiger partial charge is 0.320 e. The molecule has 18 nitrogen and oxygen atoms in total. The number of carboxylic acid groups (broad SMARTS) is 2. The average Bonchev–Trinajstić information content (AvgIpc) is 3.64. The molecule has 0 spiro atoms. The average molecular weight is 935 g/mol. The highest BCUT2D eigenvalue weighted by molar-refractivity contribution is 6.23. The third-order valence-corrected chi connectivity index (χ3v) is 11.8. The van der Waals surface area contributed by atoms with Crippen LogP contribution in [0.5, 0.6) is 0 Å². The number of rotatable bonds is 23. The normalized spacial score (nSPS) is 13.8. The summed E-state index contributed by atoms with van der Waals surface area (Å²) in [6.07, 6.45) is 3.27. The van der Waals surface area contributed by atoms with Gasteiger partial charge in [0.1, 0.15) is 18.6 Å². The van der Waals surface area contributed by atoms with Crippen molar-refractivity contribution in [3.05, 3.63) is 121 Å². The van der Waals surface area contributed by atoms with E-state index in [9.17, 15) is 43.5 Å². The number of carbonyl (C=O) groups is 8. The number of anilines is 2. The van der Waals surface area contributed by atoms with Gasteiger partial charge in [0.05, 0.1) is 23.7 Å². The molecule has 0 saturated carbocycles. The molecule has 6 aromatic rings. The highest BCUT2D eigenvalue weighted by Crippen LogP contribution is 2.36. The molecule has 69 heavy (non-hydrogen) atoms. The lowest BCUT2D eigenvalue weighted by Crippen LogP contribution is -2.44. The first-order chi connectivity index (χ1) is 33.2. The van der Waals surface area contributed by atoms with Crippen molar-refractivity contribution in [2.75, 3.05) is 23.7 Å². The number of nitrogens with one attached hydrogen (secondary N) is 4. The number of nitrogens with zero attached hydrogens (tertiary/aromatic N) is 3. The minimum absolute atomic E-state index is 0.00739. The van der Waals surface area contributed by atoms with E-state index in [1.54, 1.807) is 48.5 Å². The van der Waals surface area contributed by atoms with Gasteiger partial charge in [-0.3, -0.25) is 43.3 Å². The topological polar surface area (TPSA) is 279 Å². The summed E-state index contributed by atoms with van der Waals surface area (Å²) >= 11 is 0. The Morgan fingerprint density at radius 1 is 0.623 bits per heavy atom. The van der Waals surface area contributed by atoms with E-state index in [2.05, 4.69) is 67.9 Å². The maximum absolute atomic E-state index is 13.7. The summed E-state index contributed by atoms with van der Waals surface area (Å²) in [6, 6.07) is 29.1. The lowest BCUT2D eigenvalue weighted by molar-refractivity contribution is -0.144. The van der Waals surface area contributed by atoms with Gasteiger partial charge >= 0.3 is 11.9 Å². The fraction of sp³-hybridized carbons (Fsp3) is 0.255. The summed E-state index contributed by atoms with van der Waals surface area (Å²) in [7, 11) is 0. The number of amides is 6. The second kappa shape index (κ2) is 22.4. The van der Waals surface area contributed by atoms with E-state index >= 15 is 0 Å². The predicted molar refractivity (Wildman–Crippen MR) is 258 cm³/mol. The van der Waals surface area contributed by atoms with Crippen molar-refractivity contribution >= 4 is 102 Å². The van der Waals surface area contributed by atoms with Crippen LogP contribution in [0.2, 0.25) is 0 Å². The fourth-order valence-electron chi connectivity index (χ4n) is 8.18. The van der Waals surface area contributed by atoms with Gasteiger partial charge in [0.15, 0.2) is 0 Å². The summed E-state index contributed by atoms with van der Waals surface area (Å²) in [5.41, 5.74) is 8.21. The molecule has 354 valence electrons. The first-order valence-corrected chi connectivity index (χ1v) is 22.4. The Kier molecular flexibility index (Phi) is 15.8. The Hall–Kier alpha value is -8.38. The molecule has 0 fully saturated rings. The first kappa shape index (κ1) is 48.6. The minimum atomic E-state index is -1.36. The maximum Gasteiger partial charge on any atom is 0.320 e. The summed E-state index contributed by atoms with van der Waals surface area (Å²) in [4.78, 5) is 99.6. The molecule has 0 radical (unpaired) electrons. The molecule has 6 amide bonds. The Balaban J connectivity index is 0.920. The lowest BCUT2D eigenvalue weighted by Gasteiger charge is -2.19. The van der Waals surface area contributed by atoms with E-state index < -0.39 is 66.0 Å². The molecule has 7 rings (SSSR count). The fourth-order valence-corrected chi connectivity index (χ4v) is 8.18. The Bertz CT molecular complexity index is 2940. The SMILES string of the molecule is N[C@@H](C[C@@H](CCCC(=O)N[C@@H](CCCCNC(=O)Cc1ccc2ccc3cccc4ccc1c2c34)C(=O)Nc1ccc(N=Nc2ccc(NC(=O)CN3C(=O)C=CC3=O)cc2)cc1)C(=O)O)C(=O)O. The molecule has 0 bridgehead atoms. The Labute approximate surface area is 395 Å². The standard InChI is InChI=1S/C51H50N8O10/c52-40(51(68)69)27-34(50(66)67)7-4-9-42(60)56-41(8-1-2-26-53-43(61)28-33-13-12-32-11-10-30-5-3-6-31-14-23-39(33)48(32)47(30)31)49(65)55-36-17-21-38(22-18-36)58-57-37-19-15-35(16-20-37)54-44(62)29-59-45(63)24-25-46(59)64/h3,5-6,10-25,34,40-41H,1-2,4,7-9,26-29,52H2,(H,53,61)(H,54,62)(H,55,65)(H,56,60)(H,66,67)(H,68,69)/t34-,40+,41+/m1/s1. The number of hydrogen-bond acceptors (Lipinski definition) is 11. The number of unbranched alkanes of at least 4 members (excludes halogenated alkanes) is 1. The second-order valence-electron chi connectivity index (χ2n) is 16.8. The number of azo groups is 1. The number of aliphatic carboxylic acids is 2. The number of carboxylic acids is 2. The predicted octanol–water partition coefficient (Wildman–Crippen LogP) is 6.49. The van der Waals surface area contributed by atoms with Gasteiger partial charge in [-0.2, -0.15) is 10.2 Å². The van der Waals surface area contributed by atoms with Crippen LogP contribution >= 0.6 is 0 Å². The minimum Gasteiger partial charge on any atom is -0.481 e. The molecule has 0 saturated heterocycles. The second-order valence-corrected chi connectivity index (χ2v) is 16.8. The number of nitrogens with two attached hydrogens (primary N) is 1. The third-order valence-electron chi connectivity index (χ3n) is 11.8. The van der Waals surface area contributed by atoms with Gasteiger partial charge < -0.3 is 37.2 Å². The van der Waals surface area contributed by atoms with Crippen LogP contribution in [0.25, 0.3) is 32.3 Å². The molecular formula is C51H50N8O10. The van der Waals surface area contributed by atoms with E-state index in [-0.39, 0.29) is 44.4 Å². The maximum atomic E-state index is 13.7. The number of benzene rings is 6. The summed E-state index contributed by atoms with van der Waals surface area (Å²) < 4.78 is 0. The van der Waals surface area contributed by atoms with Crippen LogP contribution in [0.4, 0.5) is 22.7 Å². The van der Waals surface area contributed by atoms with E-state index in [0.29, 0.717) is 42.1 Å². The lowest BCUT2D eigenvalue weighted by atomic mass is 9.91. The van der Waals surface area contributed by atoms with Crippen molar-refractivity contribution in [1.82, 2.24) is 15.5 Å². The highest BCUT2D eigenvalue weighted by atomic mass is 16.4. The molecule has 1 heterocycles. The van der Waals surface area contributed by atoms with Gasteiger partial charge in [-0.15, -0.1) is 0 Å². The van der Waals surface area contributed by atoms with Crippen molar-refractivity contribution in [2.24, 2.45) is 21.9 Å². The zero-order valence-corrected chi connectivity index (χ0v) is 37.4. The number of imide groups is 1. The Morgan fingerprint density at radius 2 is 1.22 bits per heavy atom. The summed E-state index contributed by atoms with van der Waals surface area (Å²) in [6.45, 7) is -0.0846. The van der Waals surface area contributed by atoms with Crippen LogP contribution in [0.3, 0.4) is 0 Å². The van der Waals surface area contributed by atoms with Gasteiger partial charge in [-0.25, -0.2) is 0 Å². The van der Waals surface area contributed by atoms with Crippen molar-refractivity contribution < 1.29 is 48.6 Å². The van der Waals surface area contributed by atoms with Crippen LogP contribution in [-0.2, 0) is 44.8 Å². The van der Waals surface area contributed by atoms with Gasteiger partial charge in [0.2, 0.25) is 23.6 Å². The molecule has 0 unspecified atom stereocenters. The largest absolute Gasteiger partial charge is 0.481 e.